The lowest BCUT2D eigenvalue weighted by atomic mass is 9.95. The molecule has 1 N–H and O–H groups in total. The van der Waals surface area contributed by atoms with Gasteiger partial charge in [-0.2, -0.15) is 0 Å². The van der Waals surface area contributed by atoms with Crippen molar-refractivity contribution in [1.82, 2.24) is 0 Å². The number of hydrogen-bond donors (Lipinski definition) is 1. The SMILES string of the molecule is CCCCCc1cc(O)cc(C)c1CC. The number of phenols is 1. The highest BCUT2D eigenvalue weighted by Crippen LogP contribution is 2.23. The molecule has 0 saturated carbocycles. The lowest BCUT2D eigenvalue weighted by molar-refractivity contribution is 0.473. The molecule has 1 aromatic rings. The van der Waals surface area contributed by atoms with E-state index < -0.39 is 0 Å². The van der Waals surface area contributed by atoms with Crippen molar-refractivity contribution >= 4 is 0 Å². The molecule has 0 aliphatic carbocycles. The van der Waals surface area contributed by atoms with Gasteiger partial charge in [0.25, 0.3) is 0 Å². The van der Waals surface area contributed by atoms with Crippen molar-refractivity contribution in [2.75, 3.05) is 0 Å². The van der Waals surface area contributed by atoms with Crippen LogP contribution in [0.5, 0.6) is 5.75 Å². The minimum Gasteiger partial charge on any atom is -0.508 e. The molecule has 0 bridgehead atoms. The molecular formula is C14H22O. The summed E-state index contributed by atoms with van der Waals surface area (Å²) in [5.41, 5.74) is 3.98. The number of phenolic OH excluding ortho intramolecular Hbond substituents is 1. The van der Waals surface area contributed by atoms with Crippen LogP contribution >= 0.6 is 0 Å². The molecule has 0 aliphatic rings. The van der Waals surface area contributed by atoms with E-state index in [1.54, 1.807) is 0 Å². The van der Waals surface area contributed by atoms with Crippen LogP contribution in [0.25, 0.3) is 0 Å². The van der Waals surface area contributed by atoms with Crippen LogP contribution < -0.4 is 0 Å². The first-order valence-corrected chi connectivity index (χ1v) is 6.00. The Morgan fingerprint density at radius 3 is 2.47 bits per heavy atom. The third-order valence-corrected chi connectivity index (χ3v) is 2.95. The van der Waals surface area contributed by atoms with Gasteiger partial charge in [0.15, 0.2) is 0 Å². The molecule has 0 aromatic heterocycles. The lowest BCUT2D eigenvalue weighted by Gasteiger charge is -2.11. The van der Waals surface area contributed by atoms with Gasteiger partial charge in [0.2, 0.25) is 0 Å². The van der Waals surface area contributed by atoms with Gasteiger partial charge in [-0.15, -0.1) is 0 Å². The Bertz CT molecular complexity index is 315. The largest absolute Gasteiger partial charge is 0.508 e. The van der Waals surface area contributed by atoms with Crippen LogP contribution in [-0.4, -0.2) is 5.11 Å². The highest BCUT2D eigenvalue weighted by Gasteiger charge is 2.05. The van der Waals surface area contributed by atoms with Crippen LogP contribution in [0, 0.1) is 6.92 Å². The number of benzene rings is 1. The maximum absolute atomic E-state index is 9.57. The molecule has 0 radical (unpaired) electrons. The molecule has 0 spiro atoms. The van der Waals surface area contributed by atoms with Crippen LogP contribution in [0.3, 0.4) is 0 Å². The molecule has 0 atom stereocenters. The first-order valence-electron chi connectivity index (χ1n) is 6.00. The van der Waals surface area contributed by atoms with Crippen LogP contribution in [0.15, 0.2) is 12.1 Å². The van der Waals surface area contributed by atoms with Gasteiger partial charge in [-0.1, -0.05) is 26.7 Å². The summed E-state index contributed by atoms with van der Waals surface area (Å²) in [6, 6.07) is 3.80. The number of rotatable bonds is 5. The van der Waals surface area contributed by atoms with E-state index in [9.17, 15) is 5.11 Å². The average molecular weight is 206 g/mol. The number of hydrogen-bond acceptors (Lipinski definition) is 1. The molecule has 0 aliphatic heterocycles. The molecular weight excluding hydrogens is 184 g/mol. The lowest BCUT2D eigenvalue weighted by Crippen LogP contribution is -1.96. The van der Waals surface area contributed by atoms with Gasteiger partial charge in [0.1, 0.15) is 5.75 Å². The molecule has 0 heterocycles. The number of unbranched alkanes of at least 4 members (excludes halogenated alkanes) is 2. The molecule has 1 rings (SSSR count). The first kappa shape index (κ1) is 12.1. The highest BCUT2D eigenvalue weighted by atomic mass is 16.3. The fourth-order valence-electron chi connectivity index (χ4n) is 2.16. The maximum atomic E-state index is 9.57. The second-order valence-electron chi connectivity index (χ2n) is 4.21. The van der Waals surface area contributed by atoms with Gasteiger partial charge >= 0.3 is 0 Å². The third-order valence-electron chi connectivity index (χ3n) is 2.95. The topological polar surface area (TPSA) is 20.2 Å². The Kier molecular flexibility index (Phi) is 4.67. The summed E-state index contributed by atoms with van der Waals surface area (Å²) < 4.78 is 0. The number of aromatic hydroxyl groups is 1. The maximum Gasteiger partial charge on any atom is 0.116 e. The fraction of sp³-hybridized carbons (Fsp3) is 0.571. The average Bonchev–Trinajstić information content (AvgIpc) is 2.17. The van der Waals surface area contributed by atoms with Crippen LogP contribution in [0.4, 0.5) is 0 Å². The van der Waals surface area contributed by atoms with Crippen molar-refractivity contribution in [3.8, 4) is 5.75 Å². The Labute approximate surface area is 93.1 Å². The van der Waals surface area contributed by atoms with Gasteiger partial charge in [0, 0.05) is 0 Å². The van der Waals surface area contributed by atoms with E-state index in [0.717, 1.165) is 12.8 Å². The highest BCUT2D eigenvalue weighted by molar-refractivity contribution is 5.41. The van der Waals surface area contributed by atoms with Crippen molar-refractivity contribution in [3.63, 3.8) is 0 Å². The fourth-order valence-corrected chi connectivity index (χ4v) is 2.16. The van der Waals surface area contributed by atoms with E-state index in [0.29, 0.717) is 5.75 Å². The van der Waals surface area contributed by atoms with Crippen LogP contribution in [0.1, 0.15) is 49.8 Å². The summed E-state index contributed by atoms with van der Waals surface area (Å²) >= 11 is 0. The third kappa shape index (κ3) is 3.26. The zero-order chi connectivity index (χ0) is 11.3. The molecule has 0 amide bonds. The second-order valence-corrected chi connectivity index (χ2v) is 4.21. The molecule has 15 heavy (non-hydrogen) atoms. The van der Waals surface area contributed by atoms with Gasteiger partial charge < -0.3 is 5.11 Å². The van der Waals surface area contributed by atoms with Crippen molar-refractivity contribution in [2.24, 2.45) is 0 Å². The van der Waals surface area contributed by atoms with Crippen molar-refractivity contribution < 1.29 is 5.11 Å². The molecule has 1 nitrogen and oxygen atoms in total. The minimum atomic E-state index is 0.413. The van der Waals surface area contributed by atoms with E-state index in [4.69, 9.17) is 0 Å². The Balaban J connectivity index is 2.84. The van der Waals surface area contributed by atoms with Gasteiger partial charge in [-0.3, -0.25) is 0 Å². The summed E-state index contributed by atoms with van der Waals surface area (Å²) in [5, 5.41) is 9.57. The quantitative estimate of drug-likeness (QED) is 0.722. The van der Waals surface area contributed by atoms with E-state index >= 15 is 0 Å². The predicted octanol–water partition coefficient (Wildman–Crippen LogP) is 4.00. The Hall–Kier alpha value is -0.980. The van der Waals surface area contributed by atoms with Crippen LogP contribution in [0.2, 0.25) is 0 Å². The van der Waals surface area contributed by atoms with Gasteiger partial charge in [0.05, 0.1) is 0 Å². The molecule has 1 aromatic carbocycles. The zero-order valence-electron chi connectivity index (χ0n) is 10.1. The van der Waals surface area contributed by atoms with E-state index in [1.165, 1.54) is 36.0 Å². The van der Waals surface area contributed by atoms with Crippen LogP contribution in [-0.2, 0) is 12.8 Å². The minimum absolute atomic E-state index is 0.413. The zero-order valence-corrected chi connectivity index (χ0v) is 10.1. The smallest absolute Gasteiger partial charge is 0.116 e. The molecule has 1 heteroatoms. The second kappa shape index (κ2) is 5.79. The molecule has 0 fully saturated rings. The van der Waals surface area contributed by atoms with E-state index in [1.807, 2.05) is 12.1 Å². The summed E-state index contributed by atoms with van der Waals surface area (Å²) in [6.45, 7) is 6.49. The predicted molar refractivity (Wildman–Crippen MR) is 65.5 cm³/mol. The van der Waals surface area contributed by atoms with Crippen molar-refractivity contribution in [1.29, 1.82) is 0 Å². The van der Waals surface area contributed by atoms with Crippen molar-refractivity contribution in [3.05, 3.63) is 28.8 Å². The normalized spacial score (nSPS) is 10.6. The van der Waals surface area contributed by atoms with Crippen molar-refractivity contribution in [2.45, 2.75) is 52.9 Å². The summed E-state index contributed by atoms with van der Waals surface area (Å²) in [5.74, 6) is 0.413. The summed E-state index contributed by atoms with van der Waals surface area (Å²) in [6.07, 6.45) is 5.92. The molecule has 84 valence electrons. The molecule has 0 saturated heterocycles. The Morgan fingerprint density at radius 1 is 1.13 bits per heavy atom. The standard InChI is InChI=1S/C14H22O/c1-4-6-7-8-12-10-13(15)9-11(3)14(12)5-2/h9-10,15H,4-8H2,1-3H3. The molecule has 0 unspecified atom stereocenters. The summed E-state index contributed by atoms with van der Waals surface area (Å²) in [7, 11) is 0. The van der Waals surface area contributed by atoms with Gasteiger partial charge in [-0.05, 0) is 55.0 Å². The summed E-state index contributed by atoms with van der Waals surface area (Å²) in [4.78, 5) is 0. The van der Waals surface area contributed by atoms with E-state index in [2.05, 4.69) is 20.8 Å². The van der Waals surface area contributed by atoms with Gasteiger partial charge in [-0.25, -0.2) is 0 Å². The first-order chi connectivity index (χ1) is 7.19. The van der Waals surface area contributed by atoms with E-state index in [-0.39, 0.29) is 0 Å². The number of aryl methyl sites for hydroxylation is 2. The monoisotopic (exact) mass is 206 g/mol. The Morgan fingerprint density at radius 2 is 1.87 bits per heavy atom.